The van der Waals surface area contributed by atoms with Crippen molar-refractivity contribution in [3.8, 4) is 0 Å². The summed E-state index contributed by atoms with van der Waals surface area (Å²) in [7, 11) is -3.91. The Balaban J connectivity index is 0.00000320. The number of benzene rings is 2. The first-order valence-electron chi connectivity index (χ1n) is 9.21. The molecule has 1 aliphatic carbocycles. The van der Waals surface area contributed by atoms with E-state index in [1.165, 1.54) is 0 Å². The lowest BCUT2D eigenvalue weighted by Gasteiger charge is -2.40. The summed E-state index contributed by atoms with van der Waals surface area (Å²) >= 11 is 6.10. The maximum atomic E-state index is 12.7. The fourth-order valence-corrected chi connectivity index (χ4v) is 5.32. The van der Waals surface area contributed by atoms with Gasteiger partial charge >= 0.3 is 6.18 Å². The van der Waals surface area contributed by atoms with Crippen LogP contribution in [0.4, 0.5) is 13.2 Å². The van der Waals surface area contributed by atoms with E-state index in [2.05, 4.69) is 4.72 Å². The van der Waals surface area contributed by atoms with Crippen LogP contribution in [0.3, 0.4) is 0 Å². The first kappa shape index (κ1) is 24.9. The van der Waals surface area contributed by atoms with Gasteiger partial charge in [0.2, 0.25) is 10.0 Å². The highest BCUT2D eigenvalue weighted by Gasteiger charge is 2.37. The van der Waals surface area contributed by atoms with E-state index >= 15 is 0 Å². The third-order valence-electron chi connectivity index (χ3n) is 5.58. The lowest BCUT2D eigenvalue weighted by molar-refractivity contribution is -0.137. The van der Waals surface area contributed by atoms with Crippen LogP contribution >= 0.6 is 24.0 Å². The van der Waals surface area contributed by atoms with Gasteiger partial charge < -0.3 is 5.73 Å². The van der Waals surface area contributed by atoms with Gasteiger partial charge in [-0.15, -0.1) is 12.4 Å². The molecule has 0 atom stereocenters. The van der Waals surface area contributed by atoms with Crippen molar-refractivity contribution in [1.82, 2.24) is 4.72 Å². The van der Waals surface area contributed by atoms with Crippen molar-refractivity contribution in [3.63, 3.8) is 0 Å². The van der Waals surface area contributed by atoms with Crippen LogP contribution in [0.15, 0.2) is 53.4 Å². The second-order valence-corrected chi connectivity index (χ2v) is 9.56. The zero-order valence-electron chi connectivity index (χ0n) is 16.0. The van der Waals surface area contributed by atoms with Gasteiger partial charge in [-0.25, -0.2) is 13.1 Å². The van der Waals surface area contributed by atoms with E-state index in [9.17, 15) is 21.6 Å². The van der Waals surface area contributed by atoms with Gasteiger partial charge in [-0.3, -0.25) is 0 Å². The topological polar surface area (TPSA) is 72.2 Å². The highest BCUT2D eigenvalue weighted by Crippen LogP contribution is 2.40. The zero-order chi connectivity index (χ0) is 21.3. The first-order valence-corrected chi connectivity index (χ1v) is 11.1. The minimum atomic E-state index is -4.51. The predicted molar refractivity (Wildman–Crippen MR) is 113 cm³/mol. The number of hydrogen-bond donors (Lipinski definition) is 2. The van der Waals surface area contributed by atoms with Crippen molar-refractivity contribution in [2.24, 2.45) is 5.73 Å². The molecule has 10 heteroatoms. The lowest BCUT2D eigenvalue weighted by atomic mass is 9.68. The lowest BCUT2D eigenvalue weighted by Crippen LogP contribution is -2.45. The maximum Gasteiger partial charge on any atom is 0.416 e. The van der Waals surface area contributed by atoms with Gasteiger partial charge in [-0.2, -0.15) is 13.2 Å². The highest BCUT2D eigenvalue weighted by atomic mass is 35.5. The third-order valence-corrected chi connectivity index (χ3v) is 7.36. The molecule has 2 aromatic rings. The molecule has 0 spiro atoms. The van der Waals surface area contributed by atoms with Gasteiger partial charge in [0.1, 0.15) is 0 Å². The van der Waals surface area contributed by atoms with Crippen molar-refractivity contribution in [3.05, 3.63) is 64.7 Å². The fraction of sp³-hybridized carbons (Fsp3) is 0.400. The van der Waals surface area contributed by atoms with Crippen LogP contribution in [0.25, 0.3) is 0 Å². The molecule has 166 valence electrons. The summed E-state index contributed by atoms with van der Waals surface area (Å²) in [6, 6.07) is 10.7. The van der Waals surface area contributed by atoms with Gasteiger partial charge in [0.15, 0.2) is 0 Å². The molecule has 0 aliphatic heterocycles. The Morgan fingerprint density at radius 2 is 1.70 bits per heavy atom. The predicted octanol–water partition coefficient (Wildman–Crippen LogP) is 4.90. The van der Waals surface area contributed by atoms with E-state index < -0.39 is 21.8 Å². The molecule has 3 N–H and O–H groups in total. The first-order chi connectivity index (χ1) is 13.6. The summed E-state index contributed by atoms with van der Waals surface area (Å²) in [5, 5.41) is 0.625. The fourth-order valence-electron chi connectivity index (χ4n) is 3.83. The molecule has 3 rings (SSSR count). The minimum absolute atomic E-state index is 0. The summed E-state index contributed by atoms with van der Waals surface area (Å²) in [4.78, 5) is -0.184. The van der Waals surface area contributed by atoms with Gasteiger partial charge in [-0.05, 0) is 67.6 Å². The maximum absolute atomic E-state index is 12.7. The molecule has 1 aliphatic rings. The Bertz CT molecular complexity index is 959. The number of nitrogens with two attached hydrogens (primary N) is 1. The van der Waals surface area contributed by atoms with E-state index in [-0.39, 0.29) is 28.8 Å². The Kier molecular flexibility index (Phi) is 7.85. The van der Waals surface area contributed by atoms with Crippen LogP contribution < -0.4 is 10.5 Å². The van der Waals surface area contributed by atoms with Crippen molar-refractivity contribution >= 4 is 34.0 Å². The number of halogens is 5. The molecule has 30 heavy (non-hydrogen) atoms. The molecular weight excluding hydrogens is 460 g/mol. The number of sulfonamides is 1. The van der Waals surface area contributed by atoms with Crippen LogP contribution in [0.1, 0.15) is 36.8 Å². The van der Waals surface area contributed by atoms with Crippen LogP contribution in [-0.2, 0) is 21.6 Å². The van der Waals surface area contributed by atoms with Crippen molar-refractivity contribution in [1.29, 1.82) is 0 Å². The molecule has 1 fully saturated rings. The average molecular weight is 483 g/mol. The second kappa shape index (κ2) is 9.44. The Morgan fingerprint density at radius 1 is 1.10 bits per heavy atom. The van der Waals surface area contributed by atoms with Crippen LogP contribution in [0.2, 0.25) is 5.02 Å². The van der Waals surface area contributed by atoms with Gasteiger partial charge in [0.05, 0.1) is 10.5 Å². The highest BCUT2D eigenvalue weighted by molar-refractivity contribution is 7.89. The summed E-state index contributed by atoms with van der Waals surface area (Å²) in [5.74, 6) is 0. The summed E-state index contributed by atoms with van der Waals surface area (Å²) in [6.45, 7) is 0.422. The summed E-state index contributed by atoms with van der Waals surface area (Å²) in [6.07, 6.45) is -1.99. The van der Waals surface area contributed by atoms with E-state index in [4.69, 9.17) is 17.3 Å². The van der Waals surface area contributed by atoms with Gasteiger partial charge in [-0.1, -0.05) is 23.7 Å². The molecule has 0 bridgehead atoms. The average Bonchev–Trinajstić information content (AvgIpc) is 2.68. The van der Waals surface area contributed by atoms with Crippen molar-refractivity contribution in [2.45, 2.75) is 48.2 Å². The molecule has 0 unspecified atom stereocenters. The van der Waals surface area contributed by atoms with Crippen LogP contribution in [0.5, 0.6) is 0 Å². The number of rotatable bonds is 5. The van der Waals surface area contributed by atoms with E-state index in [0.29, 0.717) is 37.3 Å². The quantitative estimate of drug-likeness (QED) is 0.636. The van der Waals surface area contributed by atoms with Crippen molar-refractivity contribution in [2.75, 3.05) is 6.54 Å². The molecule has 0 aromatic heterocycles. The van der Waals surface area contributed by atoms with Crippen molar-refractivity contribution < 1.29 is 21.6 Å². The monoisotopic (exact) mass is 482 g/mol. The smallest absolute Gasteiger partial charge is 0.330 e. The van der Waals surface area contributed by atoms with E-state index in [0.717, 1.165) is 29.8 Å². The Morgan fingerprint density at radius 3 is 2.20 bits per heavy atom. The number of alkyl halides is 3. The Hall–Kier alpha value is -1.32. The van der Waals surface area contributed by atoms with E-state index in [1.807, 2.05) is 18.2 Å². The molecule has 0 amide bonds. The largest absolute Gasteiger partial charge is 0.416 e. The number of nitrogens with one attached hydrogen (secondary N) is 1. The standard InChI is InChI=1S/C20H22ClF3N2O2S.ClH/c21-16-3-1-2-15(12-16)19(13-25)10-8-17(9-11-19)26-29(27,28)18-6-4-14(5-7-18)20(22,23)24;/h1-7,12,17,26H,8-11,13,25H2;1H/t17-,19+;. The molecule has 2 aromatic carbocycles. The second-order valence-electron chi connectivity index (χ2n) is 7.41. The SMILES string of the molecule is Cl.NC[C@]1(c2cccc(Cl)c2)CC[C@@H](NS(=O)(=O)c2ccc(C(F)(F)F)cc2)CC1. The van der Waals surface area contributed by atoms with E-state index in [1.54, 1.807) is 6.07 Å². The van der Waals surface area contributed by atoms with Crippen LogP contribution in [0, 0.1) is 0 Å². The normalized spacial score (nSPS) is 22.4. The molecule has 0 heterocycles. The molecular formula is C20H23Cl2F3N2O2S. The van der Waals surface area contributed by atoms with Crippen LogP contribution in [-0.4, -0.2) is 21.0 Å². The third kappa shape index (κ3) is 5.48. The molecule has 1 saturated carbocycles. The minimum Gasteiger partial charge on any atom is -0.330 e. The zero-order valence-corrected chi connectivity index (χ0v) is 18.3. The molecule has 4 nitrogen and oxygen atoms in total. The molecule has 0 saturated heterocycles. The Labute approximate surface area is 185 Å². The summed E-state index contributed by atoms with van der Waals surface area (Å²) in [5.41, 5.74) is 5.95. The van der Waals surface area contributed by atoms with Gasteiger partial charge in [0.25, 0.3) is 0 Å². The molecule has 0 radical (unpaired) electrons. The van der Waals surface area contributed by atoms with Gasteiger partial charge in [0, 0.05) is 23.0 Å². The number of hydrogen-bond acceptors (Lipinski definition) is 3. The summed E-state index contributed by atoms with van der Waals surface area (Å²) < 4.78 is 65.8.